The molecule has 0 unspecified atom stereocenters. The van der Waals surface area contributed by atoms with Crippen LogP contribution in [0.1, 0.15) is 66.3 Å². The van der Waals surface area contributed by atoms with E-state index in [1.165, 1.54) is 37.8 Å². The van der Waals surface area contributed by atoms with Gasteiger partial charge in [0.15, 0.2) is 5.78 Å². The number of rotatable bonds is 8. The van der Waals surface area contributed by atoms with Crippen LogP contribution in [-0.4, -0.2) is 49.0 Å². The Balaban J connectivity index is 1.93. The third-order valence-electron chi connectivity index (χ3n) is 4.97. The van der Waals surface area contributed by atoms with Crippen LogP contribution in [0.25, 0.3) is 0 Å². The van der Waals surface area contributed by atoms with Gasteiger partial charge in [0.05, 0.1) is 6.54 Å². The highest BCUT2D eigenvalue weighted by Crippen LogP contribution is 2.32. The first kappa shape index (κ1) is 18.2. The minimum atomic E-state index is 0.227. The van der Waals surface area contributed by atoms with Crippen molar-refractivity contribution >= 4 is 5.78 Å². The summed E-state index contributed by atoms with van der Waals surface area (Å²) in [5.41, 5.74) is 3.31. The molecule has 1 aliphatic carbocycles. The van der Waals surface area contributed by atoms with E-state index in [1.807, 2.05) is 0 Å². The van der Waals surface area contributed by atoms with Crippen LogP contribution in [-0.2, 0) is 0 Å². The van der Waals surface area contributed by atoms with Crippen LogP contribution in [0.2, 0.25) is 0 Å². The van der Waals surface area contributed by atoms with Crippen LogP contribution in [0.3, 0.4) is 0 Å². The molecule has 130 valence electrons. The van der Waals surface area contributed by atoms with Crippen molar-refractivity contribution in [3.63, 3.8) is 0 Å². The molecule has 0 spiro atoms. The maximum absolute atomic E-state index is 12.5. The lowest BCUT2D eigenvalue weighted by Crippen LogP contribution is -2.27. The molecular weight excluding hydrogens is 286 g/mol. The number of hydrogen-bond donors (Lipinski definition) is 1. The summed E-state index contributed by atoms with van der Waals surface area (Å²) in [5.74, 6) is 0.227. The first-order valence-corrected chi connectivity index (χ1v) is 9.07. The second kappa shape index (κ2) is 8.65. The van der Waals surface area contributed by atoms with Crippen molar-refractivity contribution in [3.05, 3.63) is 23.0 Å². The van der Waals surface area contributed by atoms with E-state index < -0.39 is 0 Å². The van der Waals surface area contributed by atoms with Crippen LogP contribution in [0.15, 0.2) is 6.07 Å². The number of carbonyl (C=O) groups is 1. The van der Waals surface area contributed by atoms with Gasteiger partial charge in [-0.2, -0.15) is 0 Å². The molecule has 0 bridgehead atoms. The van der Waals surface area contributed by atoms with E-state index >= 15 is 0 Å². The highest BCUT2D eigenvalue weighted by Gasteiger charge is 2.22. The number of nitrogens with zero attached hydrogens (tertiary/aromatic N) is 2. The average Bonchev–Trinajstić information content (AvgIpc) is 2.82. The number of aryl methyl sites for hydroxylation is 1. The molecule has 23 heavy (non-hydrogen) atoms. The molecule has 0 atom stereocenters. The van der Waals surface area contributed by atoms with E-state index in [9.17, 15) is 4.79 Å². The lowest BCUT2D eigenvalue weighted by atomic mass is 9.95. The van der Waals surface area contributed by atoms with Crippen molar-refractivity contribution in [3.8, 4) is 0 Å². The van der Waals surface area contributed by atoms with E-state index in [1.54, 1.807) is 0 Å². The van der Waals surface area contributed by atoms with Crippen molar-refractivity contribution in [2.45, 2.75) is 58.4 Å². The van der Waals surface area contributed by atoms with Gasteiger partial charge in [-0.3, -0.25) is 4.79 Å². The Labute approximate surface area is 141 Å². The first-order chi connectivity index (χ1) is 11.0. The molecule has 1 N–H and O–H groups in total. The number of hydrogen-bond acceptors (Lipinski definition) is 3. The molecule has 1 heterocycles. The Kier molecular flexibility index (Phi) is 6.85. The summed E-state index contributed by atoms with van der Waals surface area (Å²) in [5, 5.41) is 3.29. The van der Waals surface area contributed by atoms with Gasteiger partial charge in [0, 0.05) is 23.0 Å². The fourth-order valence-corrected chi connectivity index (χ4v) is 3.78. The van der Waals surface area contributed by atoms with E-state index in [0.717, 1.165) is 30.8 Å². The summed E-state index contributed by atoms with van der Waals surface area (Å²) in [6, 6.07) is 2.69. The zero-order chi connectivity index (χ0) is 16.8. The Morgan fingerprint density at radius 2 is 1.96 bits per heavy atom. The van der Waals surface area contributed by atoms with Gasteiger partial charge in [-0.05, 0) is 66.4 Å². The highest BCUT2D eigenvalue weighted by atomic mass is 16.1. The van der Waals surface area contributed by atoms with Crippen LogP contribution in [0, 0.1) is 13.8 Å². The number of carbonyl (C=O) groups excluding carboxylic acids is 1. The second-order valence-electron chi connectivity index (χ2n) is 7.20. The number of ketones is 1. The molecule has 0 aromatic carbocycles. The predicted octanol–water partition coefficient (Wildman–Crippen LogP) is 3.33. The van der Waals surface area contributed by atoms with Gasteiger partial charge in [-0.15, -0.1) is 0 Å². The second-order valence-corrected chi connectivity index (χ2v) is 7.20. The largest absolute Gasteiger partial charge is 0.345 e. The van der Waals surface area contributed by atoms with Gasteiger partial charge in [0.2, 0.25) is 0 Å². The molecular formula is C19H33N3O. The van der Waals surface area contributed by atoms with Crippen molar-refractivity contribution in [2.75, 3.05) is 33.7 Å². The zero-order valence-corrected chi connectivity index (χ0v) is 15.3. The normalized spacial score (nSPS) is 16.2. The third kappa shape index (κ3) is 4.92. The molecule has 1 saturated carbocycles. The number of aromatic nitrogens is 1. The molecule has 1 fully saturated rings. The minimum absolute atomic E-state index is 0.227. The zero-order valence-electron chi connectivity index (χ0n) is 15.3. The maximum Gasteiger partial charge on any atom is 0.178 e. The fourth-order valence-electron chi connectivity index (χ4n) is 3.78. The third-order valence-corrected chi connectivity index (χ3v) is 4.97. The smallest absolute Gasteiger partial charge is 0.178 e. The summed E-state index contributed by atoms with van der Waals surface area (Å²) in [4.78, 5) is 14.7. The summed E-state index contributed by atoms with van der Waals surface area (Å²) in [6.07, 6.45) is 7.58. The van der Waals surface area contributed by atoms with E-state index in [0.29, 0.717) is 12.6 Å². The summed E-state index contributed by atoms with van der Waals surface area (Å²) >= 11 is 0. The highest BCUT2D eigenvalue weighted by molar-refractivity contribution is 5.99. The van der Waals surface area contributed by atoms with Crippen LogP contribution in [0.5, 0.6) is 0 Å². The van der Waals surface area contributed by atoms with Crippen LogP contribution < -0.4 is 5.32 Å². The molecule has 1 aliphatic rings. The molecule has 4 heteroatoms. The SMILES string of the molecule is Cc1cc(C(=O)CNCCCN(C)C)c(C)n1C1CCCCC1. The van der Waals surface area contributed by atoms with Gasteiger partial charge >= 0.3 is 0 Å². The van der Waals surface area contributed by atoms with E-state index in [-0.39, 0.29) is 5.78 Å². The Morgan fingerprint density at radius 3 is 2.61 bits per heavy atom. The predicted molar refractivity (Wildman–Crippen MR) is 96.4 cm³/mol. The van der Waals surface area contributed by atoms with Crippen molar-refractivity contribution in [1.82, 2.24) is 14.8 Å². The summed E-state index contributed by atoms with van der Waals surface area (Å²) in [6.45, 7) is 6.65. The molecule has 0 radical (unpaired) electrons. The number of nitrogens with one attached hydrogen (secondary N) is 1. The average molecular weight is 319 g/mol. The van der Waals surface area contributed by atoms with Crippen molar-refractivity contribution < 1.29 is 4.79 Å². The Hall–Kier alpha value is -1.13. The summed E-state index contributed by atoms with van der Waals surface area (Å²) < 4.78 is 2.42. The molecule has 0 saturated heterocycles. The van der Waals surface area contributed by atoms with Crippen molar-refractivity contribution in [2.24, 2.45) is 0 Å². The monoisotopic (exact) mass is 319 g/mol. The van der Waals surface area contributed by atoms with Gasteiger partial charge in [0.1, 0.15) is 0 Å². The quantitative estimate of drug-likeness (QED) is 0.590. The first-order valence-electron chi connectivity index (χ1n) is 9.07. The molecule has 1 aromatic heterocycles. The van der Waals surface area contributed by atoms with Crippen LogP contribution in [0.4, 0.5) is 0 Å². The molecule has 2 rings (SSSR count). The van der Waals surface area contributed by atoms with Gasteiger partial charge in [0.25, 0.3) is 0 Å². The van der Waals surface area contributed by atoms with Gasteiger partial charge in [-0.25, -0.2) is 0 Å². The van der Waals surface area contributed by atoms with Gasteiger partial charge < -0.3 is 14.8 Å². The minimum Gasteiger partial charge on any atom is -0.345 e. The maximum atomic E-state index is 12.5. The molecule has 0 aliphatic heterocycles. The van der Waals surface area contributed by atoms with Gasteiger partial charge in [-0.1, -0.05) is 19.3 Å². The van der Waals surface area contributed by atoms with E-state index in [4.69, 9.17) is 0 Å². The molecule has 0 amide bonds. The van der Waals surface area contributed by atoms with Crippen molar-refractivity contribution in [1.29, 1.82) is 0 Å². The molecule has 1 aromatic rings. The lowest BCUT2D eigenvalue weighted by molar-refractivity contribution is 0.0990. The lowest BCUT2D eigenvalue weighted by Gasteiger charge is -2.26. The molecule has 4 nitrogen and oxygen atoms in total. The fraction of sp³-hybridized carbons (Fsp3) is 0.737. The Bertz CT molecular complexity index is 513. The Morgan fingerprint density at radius 1 is 1.26 bits per heavy atom. The summed E-state index contributed by atoms with van der Waals surface area (Å²) in [7, 11) is 4.15. The topological polar surface area (TPSA) is 37.3 Å². The van der Waals surface area contributed by atoms with E-state index in [2.05, 4.69) is 48.8 Å². The number of Topliss-reactive ketones (excluding diaryl/α,β-unsaturated/α-hetero) is 1. The van der Waals surface area contributed by atoms with Crippen LogP contribution >= 0.6 is 0 Å². The standard InChI is InChI=1S/C19H33N3O/c1-15-13-18(19(23)14-20-11-8-12-21(3)4)16(2)22(15)17-9-6-5-7-10-17/h13,17,20H,5-12,14H2,1-4H3.